The second-order valence-corrected chi connectivity index (χ2v) is 5.90. The number of nitrogen functional groups attached to an aromatic ring is 1. The first-order valence-electron chi connectivity index (χ1n) is 8.81. The van der Waals surface area contributed by atoms with Crippen molar-refractivity contribution in [1.82, 2.24) is 5.32 Å². The summed E-state index contributed by atoms with van der Waals surface area (Å²) in [6, 6.07) is 8.75. The van der Waals surface area contributed by atoms with E-state index in [1.54, 1.807) is 38.1 Å². The lowest BCUT2D eigenvalue weighted by atomic mass is 10.1. The first-order valence-corrected chi connectivity index (χ1v) is 8.81. The maximum absolute atomic E-state index is 14.4. The molecule has 0 aliphatic heterocycles. The van der Waals surface area contributed by atoms with Crippen LogP contribution in [0.25, 0.3) is 0 Å². The number of hydrogen-bond donors (Lipinski definition) is 3. The van der Waals surface area contributed by atoms with Crippen molar-refractivity contribution in [3.05, 3.63) is 64.7 Å². The number of ether oxygens (including phenoxy) is 2. The summed E-state index contributed by atoms with van der Waals surface area (Å²) in [5, 5.41) is 9.98. The van der Waals surface area contributed by atoms with Gasteiger partial charge in [-0.1, -0.05) is 24.3 Å². The van der Waals surface area contributed by atoms with E-state index in [2.05, 4.69) is 5.32 Å². The number of carbonyl (C=O) groups is 1. The molecule has 0 fully saturated rings. The number of halogens is 2. The largest absolute Gasteiger partial charge is 0.494 e. The first-order chi connectivity index (χ1) is 13.4. The van der Waals surface area contributed by atoms with Gasteiger partial charge >= 0.3 is 0 Å². The molecule has 0 aromatic heterocycles. The fourth-order valence-electron chi connectivity index (χ4n) is 2.60. The Balaban J connectivity index is 2.16. The third kappa shape index (κ3) is 5.26. The molecule has 0 heterocycles. The molecule has 1 amide bonds. The van der Waals surface area contributed by atoms with E-state index < -0.39 is 29.2 Å². The van der Waals surface area contributed by atoms with Crippen LogP contribution in [-0.2, 0) is 16.1 Å². The topological polar surface area (TPSA) is 97.4 Å². The summed E-state index contributed by atoms with van der Waals surface area (Å²) in [5.74, 6) is -2.51. The van der Waals surface area contributed by atoms with Crippen LogP contribution in [0.4, 0.5) is 8.78 Å². The van der Waals surface area contributed by atoms with Crippen LogP contribution in [0.15, 0.2) is 36.4 Å². The maximum atomic E-state index is 14.4. The molecule has 4 N–H and O–H groups in total. The van der Waals surface area contributed by atoms with Crippen LogP contribution in [-0.4, -0.2) is 25.0 Å². The Morgan fingerprint density at radius 2 is 1.75 bits per heavy atom. The smallest absolute Gasteiger partial charge is 0.254 e. The summed E-state index contributed by atoms with van der Waals surface area (Å²) >= 11 is 0. The maximum Gasteiger partial charge on any atom is 0.254 e. The van der Waals surface area contributed by atoms with Crippen molar-refractivity contribution in [1.29, 1.82) is 5.41 Å². The minimum Gasteiger partial charge on any atom is -0.494 e. The fourth-order valence-corrected chi connectivity index (χ4v) is 2.60. The quantitative estimate of drug-likeness (QED) is 0.452. The van der Waals surface area contributed by atoms with Gasteiger partial charge in [-0.25, -0.2) is 8.78 Å². The molecule has 6 nitrogen and oxygen atoms in total. The zero-order chi connectivity index (χ0) is 20.7. The molecule has 0 saturated carbocycles. The SMILES string of the molecule is CCOc1cc(F)c([C@H](OCC)C(=O)NCc2ccc(C(=N)N)cc2)c(F)c1. The van der Waals surface area contributed by atoms with Gasteiger partial charge in [0.15, 0.2) is 6.10 Å². The van der Waals surface area contributed by atoms with Gasteiger partial charge in [-0.15, -0.1) is 0 Å². The Bertz CT molecular complexity index is 818. The van der Waals surface area contributed by atoms with E-state index in [9.17, 15) is 13.6 Å². The highest BCUT2D eigenvalue weighted by molar-refractivity contribution is 5.94. The second-order valence-electron chi connectivity index (χ2n) is 5.90. The van der Waals surface area contributed by atoms with Gasteiger partial charge < -0.3 is 20.5 Å². The number of rotatable bonds is 9. The zero-order valence-electron chi connectivity index (χ0n) is 15.7. The number of nitrogens with one attached hydrogen (secondary N) is 2. The Kier molecular flexibility index (Phi) is 7.45. The minimum absolute atomic E-state index is 0.0440. The average Bonchev–Trinajstić information content (AvgIpc) is 2.65. The van der Waals surface area contributed by atoms with E-state index in [1.807, 2.05) is 0 Å². The normalized spacial score (nSPS) is 11.7. The van der Waals surface area contributed by atoms with E-state index in [0.29, 0.717) is 5.56 Å². The van der Waals surface area contributed by atoms with Crippen molar-refractivity contribution in [3.63, 3.8) is 0 Å². The molecule has 0 spiro atoms. The highest BCUT2D eigenvalue weighted by Crippen LogP contribution is 2.28. The second kappa shape index (κ2) is 9.80. The number of hydrogen-bond acceptors (Lipinski definition) is 4. The highest BCUT2D eigenvalue weighted by Gasteiger charge is 2.28. The molecular weight excluding hydrogens is 368 g/mol. The summed E-state index contributed by atoms with van der Waals surface area (Å²) in [5.41, 5.74) is 6.23. The Morgan fingerprint density at radius 3 is 2.25 bits per heavy atom. The van der Waals surface area contributed by atoms with E-state index >= 15 is 0 Å². The molecule has 0 unspecified atom stereocenters. The average molecular weight is 391 g/mol. The van der Waals surface area contributed by atoms with Crippen LogP contribution >= 0.6 is 0 Å². The summed E-state index contributed by atoms with van der Waals surface area (Å²) in [7, 11) is 0. The van der Waals surface area contributed by atoms with Crippen LogP contribution in [0.5, 0.6) is 5.75 Å². The van der Waals surface area contributed by atoms with Crippen molar-refractivity contribution in [2.24, 2.45) is 5.73 Å². The Morgan fingerprint density at radius 1 is 1.14 bits per heavy atom. The van der Waals surface area contributed by atoms with Crippen LogP contribution in [0.1, 0.15) is 36.6 Å². The van der Waals surface area contributed by atoms with Crippen LogP contribution in [0, 0.1) is 17.0 Å². The van der Waals surface area contributed by atoms with E-state index in [1.165, 1.54) is 0 Å². The zero-order valence-corrected chi connectivity index (χ0v) is 15.7. The number of amidine groups is 1. The lowest BCUT2D eigenvalue weighted by Gasteiger charge is -2.19. The molecule has 1 atom stereocenters. The molecule has 28 heavy (non-hydrogen) atoms. The van der Waals surface area contributed by atoms with Gasteiger partial charge in [-0.05, 0) is 19.4 Å². The minimum atomic E-state index is -1.43. The summed E-state index contributed by atoms with van der Waals surface area (Å²) < 4.78 is 39.3. The molecule has 2 aromatic carbocycles. The Hall–Kier alpha value is -3.00. The standard InChI is InChI=1S/C20H23F2N3O3/c1-3-27-14-9-15(21)17(16(22)10-14)18(28-4-2)20(26)25-11-12-5-7-13(8-6-12)19(23)24/h5-10,18H,3-4,11H2,1-2H3,(H3,23,24)(H,25,26)/t18-/m0/s1. The van der Waals surface area contributed by atoms with Gasteiger partial charge in [0.1, 0.15) is 23.2 Å². The van der Waals surface area contributed by atoms with Gasteiger partial charge in [0.05, 0.1) is 12.2 Å². The lowest BCUT2D eigenvalue weighted by molar-refractivity contribution is -0.133. The summed E-state index contributed by atoms with van der Waals surface area (Å²) in [6.45, 7) is 3.81. The van der Waals surface area contributed by atoms with Gasteiger partial charge in [0.2, 0.25) is 0 Å². The molecule has 0 radical (unpaired) electrons. The van der Waals surface area contributed by atoms with Gasteiger partial charge in [0, 0.05) is 30.8 Å². The molecule has 8 heteroatoms. The van der Waals surface area contributed by atoms with Crippen molar-refractivity contribution in [2.45, 2.75) is 26.5 Å². The molecular formula is C20H23F2N3O3. The summed E-state index contributed by atoms with van der Waals surface area (Å²) in [6.07, 6.45) is -1.43. The molecule has 0 bridgehead atoms. The molecule has 0 aliphatic carbocycles. The third-order valence-corrected chi connectivity index (χ3v) is 3.93. The van der Waals surface area contributed by atoms with Crippen LogP contribution in [0.2, 0.25) is 0 Å². The predicted octanol–water partition coefficient (Wildman–Crippen LogP) is 3.04. The third-order valence-electron chi connectivity index (χ3n) is 3.93. The molecule has 2 rings (SSSR count). The van der Waals surface area contributed by atoms with Crippen molar-refractivity contribution in [3.8, 4) is 5.75 Å². The first kappa shape index (κ1) is 21.3. The van der Waals surface area contributed by atoms with Gasteiger partial charge in [-0.2, -0.15) is 0 Å². The van der Waals surface area contributed by atoms with Gasteiger partial charge in [-0.3, -0.25) is 10.2 Å². The number of benzene rings is 2. The number of amides is 1. The number of carbonyl (C=O) groups excluding carboxylic acids is 1. The molecule has 2 aromatic rings. The van der Waals surface area contributed by atoms with Crippen molar-refractivity contribution >= 4 is 11.7 Å². The van der Waals surface area contributed by atoms with Gasteiger partial charge in [0.25, 0.3) is 5.91 Å². The Labute approximate surface area is 162 Å². The predicted molar refractivity (Wildman–Crippen MR) is 101 cm³/mol. The highest BCUT2D eigenvalue weighted by atomic mass is 19.1. The molecule has 0 saturated heterocycles. The van der Waals surface area contributed by atoms with E-state index in [4.69, 9.17) is 20.6 Å². The van der Waals surface area contributed by atoms with Crippen molar-refractivity contribution in [2.75, 3.05) is 13.2 Å². The van der Waals surface area contributed by atoms with E-state index in [-0.39, 0.29) is 31.3 Å². The monoisotopic (exact) mass is 391 g/mol. The summed E-state index contributed by atoms with van der Waals surface area (Å²) in [4.78, 5) is 12.5. The molecule has 150 valence electrons. The fraction of sp³-hybridized carbons (Fsp3) is 0.300. The van der Waals surface area contributed by atoms with Crippen LogP contribution < -0.4 is 15.8 Å². The van der Waals surface area contributed by atoms with Crippen molar-refractivity contribution < 1.29 is 23.0 Å². The lowest BCUT2D eigenvalue weighted by Crippen LogP contribution is -2.31. The van der Waals surface area contributed by atoms with Crippen LogP contribution in [0.3, 0.4) is 0 Å². The number of nitrogens with two attached hydrogens (primary N) is 1. The molecule has 0 aliphatic rings. The van der Waals surface area contributed by atoms with E-state index in [0.717, 1.165) is 17.7 Å².